The van der Waals surface area contributed by atoms with Crippen LogP contribution in [0.2, 0.25) is 0 Å². The maximum absolute atomic E-state index is 9.29. The van der Waals surface area contributed by atoms with Crippen LogP contribution in [-0.2, 0) is 0 Å². The Balaban J connectivity index is 0.000000858. The number of anilines is 3. The first-order valence-electron chi connectivity index (χ1n) is 10.4. The summed E-state index contributed by atoms with van der Waals surface area (Å²) < 4.78 is 6.29. The van der Waals surface area contributed by atoms with E-state index in [2.05, 4.69) is 21.4 Å². The zero-order valence-corrected chi connectivity index (χ0v) is 19.1. The number of nitrogens with one attached hydrogen (secondary N) is 1. The first-order chi connectivity index (χ1) is 15.0. The van der Waals surface area contributed by atoms with Crippen LogP contribution in [-0.4, -0.2) is 28.6 Å². The Morgan fingerprint density at radius 2 is 1.87 bits per heavy atom. The zero-order valence-electron chi connectivity index (χ0n) is 18.3. The summed E-state index contributed by atoms with van der Waals surface area (Å²) >= 11 is 1.75. The largest absolute Gasteiger partial charge is 0.488 e. The molecule has 3 aromatic rings. The smallest absolute Gasteiger partial charge is 0.144 e. The predicted octanol–water partition coefficient (Wildman–Crippen LogP) is 5.83. The van der Waals surface area contributed by atoms with Gasteiger partial charge in [0.25, 0.3) is 0 Å². The molecule has 0 unspecified atom stereocenters. The van der Waals surface area contributed by atoms with Gasteiger partial charge in [-0.05, 0) is 74.9 Å². The highest BCUT2D eigenvalue weighted by Gasteiger charge is 2.18. The third-order valence-electron chi connectivity index (χ3n) is 5.17. The van der Waals surface area contributed by atoms with E-state index in [0.717, 1.165) is 35.0 Å². The summed E-state index contributed by atoms with van der Waals surface area (Å²) in [6.07, 6.45) is 11.5. The van der Waals surface area contributed by atoms with E-state index in [0.29, 0.717) is 22.8 Å². The van der Waals surface area contributed by atoms with Gasteiger partial charge in [-0.3, -0.25) is 0 Å². The van der Waals surface area contributed by atoms with Crippen LogP contribution in [0.15, 0.2) is 36.7 Å². The second-order valence-electron chi connectivity index (χ2n) is 7.69. The van der Waals surface area contributed by atoms with E-state index in [1.807, 2.05) is 37.6 Å². The lowest BCUT2D eigenvalue weighted by Gasteiger charge is -2.24. The number of aryl methyl sites for hydroxylation is 1. The molecule has 162 valence electrons. The number of nitrogens with two attached hydrogens (primary N) is 1. The molecule has 7 heteroatoms. The fourth-order valence-corrected chi connectivity index (χ4v) is 3.80. The van der Waals surface area contributed by atoms with Gasteiger partial charge >= 0.3 is 0 Å². The quantitative estimate of drug-likeness (QED) is 0.498. The van der Waals surface area contributed by atoms with Crippen molar-refractivity contribution in [2.24, 2.45) is 0 Å². The molecule has 0 aliphatic heterocycles. The number of thioether (sulfide) groups is 1. The highest BCUT2D eigenvalue weighted by molar-refractivity contribution is 7.97. The van der Waals surface area contributed by atoms with Gasteiger partial charge in [0.1, 0.15) is 17.9 Å². The van der Waals surface area contributed by atoms with Gasteiger partial charge in [0.2, 0.25) is 0 Å². The van der Waals surface area contributed by atoms with Crippen LogP contribution >= 0.6 is 11.8 Å². The average Bonchev–Trinajstić information content (AvgIpc) is 2.76. The molecule has 0 radical (unpaired) electrons. The molecule has 1 aliphatic rings. The number of nitrogen functional groups attached to an aromatic ring is 1. The molecule has 1 aromatic heterocycles. The van der Waals surface area contributed by atoms with Crippen molar-refractivity contribution in [3.63, 3.8) is 0 Å². The lowest BCUT2D eigenvalue weighted by molar-refractivity contribution is 0.156. The van der Waals surface area contributed by atoms with Crippen molar-refractivity contribution in [3.05, 3.63) is 47.8 Å². The fourth-order valence-electron chi connectivity index (χ4n) is 3.80. The number of hydrogen-bond acceptors (Lipinski definition) is 7. The highest BCUT2D eigenvalue weighted by atomic mass is 32.2. The number of rotatable bonds is 4. The van der Waals surface area contributed by atoms with Gasteiger partial charge in [-0.15, -0.1) is 0 Å². The number of aromatic nitrogens is 2. The van der Waals surface area contributed by atoms with Crippen LogP contribution in [0.1, 0.15) is 43.2 Å². The third-order valence-corrected chi connectivity index (χ3v) is 5.17. The fraction of sp³-hybridized carbons (Fsp3) is 0.375. The number of fused-ring (bicyclic) bond motifs is 1. The predicted molar refractivity (Wildman–Crippen MR) is 130 cm³/mol. The lowest BCUT2D eigenvalue weighted by Crippen LogP contribution is -2.20. The molecule has 6 nitrogen and oxygen atoms in total. The van der Waals surface area contributed by atoms with Crippen molar-refractivity contribution in [2.45, 2.75) is 45.1 Å². The lowest BCUT2D eigenvalue weighted by atomic mass is 9.98. The van der Waals surface area contributed by atoms with Gasteiger partial charge in [0.15, 0.2) is 0 Å². The van der Waals surface area contributed by atoms with Crippen LogP contribution in [0.4, 0.5) is 17.2 Å². The summed E-state index contributed by atoms with van der Waals surface area (Å²) in [5, 5.41) is 13.6. The normalized spacial score (nSPS) is 13.7. The van der Waals surface area contributed by atoms with Crippen LogP contribution in [0.3, 0.4) is 0 Å². The Bertz CT molecular complexity index is 1070. The number of benzene rings is 2. The molecule has 2 aromatic carbocycles. The summed E-state index contributed by atoms with van der Waals surface area (Å²) in [6, 6.07) is 11.4. The van der Waals surface area contributed by atoms with Crippen LogP contribution < -0.4 is 15.8 Å². The van der Waals surface area contributed by atoms with Crippen molar-refractivity contribution in [2.75, 3.05) is 23.6 Å². The summed E-state index contributed by atoms with van der Waals surface area (Å²) in [5.41, 5.74) is 9.79. The number of nitrogens with zero attached hydrogens (tertiary/aromatic N) is 3. The van der Waals surface area contributed by atoms with E-state index in [9.17, 15) is 5.26 Å². The maximum Gasteiger partial charge on any atom is 0.144 e. The first kappa shape index (κ1) is 22.7. The number of hydrogen-bond donors (Lipinski definition) is 2. The molecule has 31 heavy (non-hydrogen) atoms. The third kappa shape index (κ3) is 5.80. The molecule has 1 heterocycles. The number of ether oxygens (including phenoxy) is 1. The van der Waals surface area contributed by atoms with Gasteiger partial charge in [-0.2, -0.15) is 17.0 Å². The van der Waals surface area contributed by atoms with E-state index >= 15 is 0 Å². The van der Waals surface area contributed by atoms with Crippen molar-refractivity contribution in [3.8, 4) is 11.8 Å². The second kappa shape index (κ2) is 10.9. The van der Waals surface area contributed by atoms with E-state index in [1.54, 1.807) is 23.9 Å². The maximum atomic E-state index is 9.29. The Hall–Kier alpha value is -2.98. The van der Waals surface area contributed by atoms with E-state index < -0.39 is 0 Å². The van der Waals surface area contributed by atoms with Crippen molar-refractivity contribution in [1.29, 1.82) is 5.26 Å². The summed E-state index contributed by atoms with van der Waals surface area (Å²) in [5.74, 6) is 1.38. The topological polar surface area (TPSA) is 96.9 Å². The van der Waals surface area contributed by atoms with Crippen LogP contribution in [0.5, 0.6) is 5.75 Å². The van der Waals surface area contributed by atoms with E-state index in [-0.39, 0.29) is 6.10 Å². The molecule has 0 amide bonds. The Morgan fingerprint density at radius 1 is 1.13 bits per heavy atom. The molecule has 0 spiro atoms. The van der Waals surface area contributed by atoms with Gasteiger partial charge in [0, 0.05) is 17.1 Å². The average molecular weight is 436 g/mol. The SMILES string of the molecule is CSC.Cc1cc(N)cc2ncnc(Nc3ccc(C#N)cc3OC3CCCCC3)c12. The van der Waals surface area contributed by atoms with E-state index in [1.165, 1.54) is 25.6 Å². The van der Waals surface area contributed by atoms with Crippen molar-refractivity contribution in [1.82, 2.24) is 9.97 Å². The molecule has 1 saturated carbocycles. The molecule has 0 saturated heterocycles. The molecule has 1 fully saturated rings. The number of nitriles is 1. The monoisotopic (exact) mass is 435 g/mol. The van der Waals surface area contributed by atoms with Crippen LogP contribution in [0.25, 0.3) is 10.9 Å². The molecular weight excluding hydrogens is 406 g/mol. The standard InChI is InChI=1S/C22H23N5O.C2H6S/c1-14-9-16(24)11-19-21(14)22(26-13-25-19)27-18-8-7-15(12-23)10-20(18)28-17-5-3-2-4-6-17;1-3-2/h7-11,13,17H,2-6,24H2,1H3,(H,25,26,27);1-2H3. The Morgan fingerprint density at radius 3 is 2.58 bits per heavy atom. The van der Waals surface area contributed by atoms with E-state index in [4.69, 9.17) is 10.5 Å². The summed E-state index contributed by atoms with van der Waals surface area (Å²) in [6.45, 7) is 1.99. The molecule has 1 aliphatic carbocycles. The summed E-state index contributed by atoms with van der Waals surface area (Å²) in [4.78, 5) is 8.78. The summed E-state index contributed by atoms with van der Waals surface area (Å²) in [7, 11) is 0. The Labute approximate surface area is 188 Å². The molecule has 4 rings (SSSR count). The highest BCUT2D eigenvalue weighted by Crippen LogP contribution is 2.34. The van der Waals surface area contributed by atoms with Gasteiger partial charge < -0.3 is 15.8 Å². The minimum atomic E-state index is 0.187. The van der Waals surface area contributed by atoms with Gasteiger partial charge in [-0.1, -0.05) is 6.42 Å². The Kier molecular flexibility index (Phi) is 7.96. The van der Waals surface area contributed by atoms with Crippen molar-refractivity contribution >= 4 is 39.9 Å². The minimum Gasteiger partial charge on any atom is -0.488 e. The molecule has 0 atom stereocenters. The molecule has 3 N–H and O–H groups in total. The zero-order chi connectivity index (χ0) is 22.2. The van der Waals surface area contributed by atoms with Gasteiger partial charge in [0.05, 0.1) is 28.9 Å². The molecular formula is C24H29N5OS. The second-order valence-corrected chi connectivity index (χ2v) is 8.50. The molecule has 0 bridgehead atoms. The van der Waals surface area contributed by atoms with Gasteiger partial charge in [-0.25, -0.2) is 9.97 Å². The van der Waals surface area contributed by atoms with Crippen LogP contribution in [0, 0.1) is 18.3 Å². The first-order valence-corrected chi connectivity index (χ1v) is 12.1. The minimum absolute atomic E-state index is 0.187. The van der Waals surface area contributed by atoms with Crippen molar-refractivity contribution < 1.29 is 4.74 Å².